The van der Waals surface area contributed by atoms with E-state index in [-0.39, 0.29) is 17.0 Å². The molecule has 0 radical (unpaired) electrons. The third kappa shape index (κ3) is 3.04. The van der Waals surface area contributed by atoms with Crippen LogP contribution in [0.5, 0.6) is 0 Å². The maximum atomic E-state index is 12.0. The van der Waals surface area contributed by atoms with Gasteiger partial charge in [-0.15, -0.1) is 11.3 Å². The van der Waals surface area contributed by atoms with Crippen LogP contribution in [0.15, 0.2) is 11.6 Å². The molecule has 1 aliphatic rings. The van der Waals surface area contributed by atoms with Gasteiger partial charge in [-0.1, -0.05) is 6.42 Å². The number of sulfone groups is 1. The molecule has 1 aromatic rings. The first kappa shape index (κ1) is 12.9. The van der Waals surface area contributed by atoms with Gasteiger partial charge in [-0.3, -0.25) is 11.3 Å². The first-order valence-corrected chi connectivity index (χ1v) is 8.29. The number of nitrogens with zero attached hydrogens (tertiary/aromatic N) is 1. The molecule has 2 unspecified atom stereocenters. The van der Waals surface area contributed by atoms with Crippen molar-refractivity contribution in [2.24, 2.45) is 5.84 Å². The third-order valence-corrected chi connectivity index (χ3v) is 6.32. The van der Waals surface area contributed by atoms with Gasteiger partial charge in [0.15, 0.2) is 9.84 Å². The van der Waals surface area contributed by atoms with Crippen LogP contribution in [-0.4, -0.2) is 30.4 Å². The lowest BCUT2D eigenvalue weighted by Crippen LogP contribution is -2.50. The van der Waals surface area contributed by atoms with E-state index < -0.39 is 9.84 Å². The van der Waals surface area contributed by atoms with Crippen molar-refractivity contribution in [3.63, 3.8) is 0 Å². The molecule has 1 saturated heterocycles. The summed E-state index contributed by atoms with van der Waals surface area (Å²) in [6.45, 7) is 0. The summed E-state index contributed by atoms with van der Waals surface area (Å²) < 4.78 is 24.0. The van der Waals surface area contributed by atoms with E-state index in [4.69, 9.17) is 5.84 Å². The Morgan fingerprint density at radius 3 is 3.00 bits per heavy atom. The minimum atomic E-state index is -3.00. The molecule has 0 bridgehead atoms. The van der Waals surface area contributed by atoms with Gasteiger partial charge in [0.05, 0.1) is 16.0 Å². The van der Waals surface area contributed by atoms with E-state index in [9.17, 15) is 8.42 Å². The molecule has 1 aromatic heterocycles. The predicted octanol–water partition coefficient (Wildman–Crippen LogP) is 0.485. The topological polar surface area (TPSA) is 85.1 Å². The van der Waals surface area contributed by atoms with E-state index in [2.05, 4.69) is 10.4 Å². The molecule has 1 aliphatic heterocycles. The summed E-state index contributed by atoms with van der Waals surface area (Å²) >= 11 is 1.53. The van der Waals surface area contributed by atoms with E-state index in [1.54, 1.807) is 6.20 Å². The monoisotopic (exact) mass is 275 g/mol. The van der Waals surface area contributed by atoms with Crippen LogP contribution in [-0.2, 0) is 16.3 Å². The standard InChI is InChI=1S/C10H17N3O2S2/c11-13-8(7-10-12-4-5-16-10)9-3-1-2-6-17(9,14)15/h4-5,8-9,13H,1-3,6-7,11H2. The summed E-state index contributed by atoms with van der Waals surface area (Å²) in [7, 11) is -3.00. The highest BCUT2D eigenvalue weighted by Crippen LogP contribution is 2.24. The van der Waals surface area contributed by atoms with Gasteiger partial charge >= 0.3 is 0 Å². The van der Waals surface area contributed by atoms with Crippen molar-refractivity contribution in [1.29, 1.82) is 0 Å². The molecule has 0 saturated carbocycles. The van der Waals surface area contributed by atoms with Gasteiger partial charge in [0.2, 0.25) is 0 Å². The van der Waals surface area contributed by atoms with Crippen molar-refractivity contribution in [3.8, 4) is 0 Å². The minimum absolute atomic E-state index is 0.230. The van der Waals surface area contributed by atoms with E-state index in [1.807, 2.05) is 5.38 Å². The average Bonchev–Trinajstić information content (AvgIpc) is 2.79. The molecular weight excluding hydrogens is 258 g/mol. The number of thiazole rings is 1. The predicted molar refractivity (Wildman–Crippen MR) is 68.4 cm³/mol. The molecule has 2 heterocycles. The van der Waals surface area contributed by atoms with Crippen molar-refractivity contribution in [1.82, 2.24) is 10.4 Å². The molecule has 0 spiro atoms. The first-order chi connectivity index (χ1) is 8.13. The van der Waals surface area contributed by atoms with E-state index >= 15 is 0 Å². The van der Waals surface area contributed by atoms with Crippen LogP contribution in [0.25, 0.3) is 0 Å². The van der Waals surface area contributed by atoms with Crippen LogP contribution in [0.4, 0.5) is 0 Å². The fourth-order valence-electron chi connectivity index (χ4n) is 2.27. The van der Waals surface area contributed by atoms with Crippen molar-refractivity contribution in [2.75, 3.05) is 5.75 Å². The Labute approximate surface area is 105 Å². The number of nitrogens with one attached hydrogen (secondary N) is 1. The second-order valence-corrected chi connectivity index (χ2v) is 7.62. The van der Waals surface area contributed by atoms with Crippen LogP contribution in [0.2, 0.25) is 0 Å². The summed E-state index contributed by atoms with van der Waals surface area (Å²) in [6.07, 6.45) is 4.73. The van der Waals surface area contributed by atoms with Crippen molar-refractivity contribution < 1.29 is 8.42 Å². The Hall–Kier alpha value is -0.500. The lowest BCUT2D eigenvalue weighted by atomic mass is 10.1. The maximum absolute atomic E-state index is 12.0. The van der Waals surface area contributed by atoms with Gasteiger partial charge in [-0.25, -0.2) is 13.4 Å². The van der Waals surface area contributed by atoms with E-state index in [0.717, 1.165) is 17.8 Å². The zero-order chi connectivity index (χ0) is 12.3. The molecule has 5 nitrogen and oxygen atoms in total. The molecule has 0 amide bonds. The van der Waals surface area contributed by atoms with Crippen molar-refractivity contribution in [2.45, 2.75) is 37.0 Å². The third-order valence-electron chi connectivity index (χ3n) is 3.17. The molecule has 96 valence electrons. The minimum Gasteiger partial charge on any atom is -0.271 e. The summed E-state index contributed by atoms with van der Waals surface area (Å²) in [6, 6.07) is -0.230. The van der Waals surface area contributed by atoms with Gasteiger partial charge in [0, 0.05) is 24.0 Å². The Morgan fingerprint density at radius 2 is 2.41 bits per heavy atom. The lowest BCUT2D eigenvalue weighted by molar-refractivity contribution is 0.440. The fourth-order valence-corrected chi connectivity index (χ4v) is 5.06. The van der Waals surface area contributed by atoms with Gasteiger partial charge in [-0.05, 0) is 12.8 Å². The fraction of sp³-hybridized carbons (Fsp3) is 0.700. The van der Waals surface area contributed by atoms with Gasteiger partial charge in [0.25, 0.3) is 0 Å². The molecule has 1 fully saturated rings. The SMILES string of the molecule is NNC(Cc1nccs1)C1CCCCS1(=O)=O. The van der Waals surface area contributed by atoms with E-state index in [0.29, 0.717) is 12.8 Å². The number of nitrogens with two attached hydrogens (primary N) is 1. The van der Waals surface area contributed by atoms with E-state index in [1.165, 1.54) is 11.3 Å². The summed E-state index contributed by atoms with van der Waals surface area (Å²) in [4.78, 5) is 4.17. The Bertz CT molecular complexity index is 444. The molecule has 0 aromatic carbocycles. The van der Waals surface area contributed by atoms with Crippen LogP contribution in [0, 0.1) is 0 Å². The second kappa shape index (κ2) is 5.43. The second-order valence-electron chi connectivity index (χ2n) is 4.30. The quantitative estimate of drug-likeness (QED) is 0.617. The van der Waals surface area contributed by atoms with Gasteiger partial charge in [0.1, 0.15) is 0 Å². The summed E-state index contributed by atoms with van der Waals surface area (Å²) in [5.74, 6) is 5.79. The summed E-state index contributed by atoms with van der Waals surface area (Å²) in [5, 5.41) is 2.44. The van der Waals surface area contributed by atoms with Crippen LogP contribution >= 0.6 is 11.3 Å². The number of aromatic nitrogens is 1. The smallest absolute Gasteiger partial charge is 0.154 e. The van der Waals surface area contributed by atoms with Crippen LogP contribution < -0.4 is 11.3 Å². The van der Waals surface area contributed by atoms with Gasteiger partial charge in [-0.2, -0.15) is 0 Å². The van der Waals surface area contributed by atoms with Crippen LogP contribution in [0.3, 0.4) is 0 Å². The number of hydrogen-bond acceptors (Lipinski definition) is 6. The average molecular weight is 275 g/mol. The zero-order valence-corrected chi connectivity index (χ0v) is 11.1. The highest BCUT2D eigenvalue weighted by atomic mass is 32.2. The molecule has 2 rings (SSSR count). The number of rotatable bonds is 4. The summed E-state index contributed by atoms with van der Waals surface area (Å²) in [5.41, 5.74) is 2.65. The molecule has 7 heteroatoms. The normalized spacial score (nSPS) is 25.6. The lowest BCUT2D eigenvalue weighted by Gasteiger charge is -2.29. The van der Waals surface area contributed by atoms with Crippen molar-refractivity contribution in [3.05, 3.63) is 16.6 Å². The maximum Gasteiger partial charge on any atom is 0.154 e. The van der Waals surface area contributed by atoms with Crippen LogP contribution in [0.1, 0.15) is 24.3 Å². The molecular formula is C10H17N3O2S2. The Kier molecular flexibility index (Phi) is 4.13. The highest BCUT2D eigenvalue weighted by molar-refractivity contribution is 7.92. The molecule has 3 N–H and O–H groups in total. The zero-order valence-electron chi connectivity index (χ0n) is 9.50. The molecule has 0 aliphatic carbocycles. The van der Waals surface area contributed by atoms with Crippen molar-refractivity contribution >= 4 is 21.2 Å². The molecule has 2 atom stereocenters. The highest BCUT2D eigenvalue weighted by Gasteiger charge is 2.35. The number of hydrazine groups is 1. The molecule has 17 heavy (non-hydrogen) atoms. The Balaban J connectivity index is 2.12. The largest absolute Gasteiger partial charge is 0.271 e. The Morgan fingerprint density at radius 1 is 1.59 bits per heavy atom. The number of hydrogen-bond donors (Lipinski definition) is 2. The first-order valence-electron chi connectivity index (χ1n) is 5.69. The van der Waals surface area contributed by atoms with Gasteiger partial charge < -0.3 is 0 Å².